The molecule has 0 radical (unpaired) electrons. The van der Waals surface area contributed by atoms with Crippen LogP contribution in [0.2, 0.25) is 0 Å². The van der Waals surface area contributed by atoms with Gasteiger partial charge in [0.25, 0.3) is 0 Å². The van der Waals surface area contributed by atoms with Gasteiger partial charge in [-0.2, -0.15) is 6.92 Å². The first-order chi connectivity index (χ1) is 1.41. The Morgan fingerprint density at radius 2 is 1.75 bits per heavy atom. The molecule has 0 aliphatic heterocycles. The summed E-state index contributed by atoms with van der Waals surface area (Å²) in [7, 11) is 0. The minimum atomic E-state index is 0. The molecule has 4 heavy (non-hydrogen) atoms. The van der Waals surface area contributed by atoms with Crippen LogP contribution in [0.4, 0.5) is 0 Å². The van der Waals surface area contributed by atoms with Gasteiger partial charge >= 0.3 is 0 Å². The minimum Gasteiger partial charge on any atom is -0.566 e. The van der Waals surface area contributed by atoms with Gasteiger partial charge < -0.3 is 5.11 Å². The molecule has 0 atom stereocenters. The van der Waals surface area contributed by atoms with Crippen LogP contribution >= 0.6 is 0 Å². The van der Waals surface area contributed by atoms with Gasteiger partial charge in [0, 0.05) is 21.7 Å². The zero-order valence-corrected chi connectivity index (χ0v) is 4.09. The summed E-state index contributed by atoms with van der Waals surface area (Å²) in [4.78, 5) is 0. The van der Waals surface area contributed by atoms with Crippen molar-refractivity contribution >= 4 is 0 Å². The summed E-state index contributed by atoms with van der Waals surface area (Å²) < 4.78 is 0. The third-order valence-electron chi connectivity index (χ3n) is 0. The standard InChI is InChI=1S/C2H5O.Ti/c1-2-3;/h2-3H,1H3;/q-1;. The molecule has 0 aliphatic carbocycles. The Kier molecular flexibility index (Phi) is 20.7. The molecule has 1 nitrogen and oxygen atoms in total. The third kappa shape index (κ3) is 16.5. The van der Waals surface area contributed by atoms with Crippen LogP contribution in [0.1, 0.15) is 6.92 Å². The van der Waals surface area contributed by atoms with Gasteiger partial charge in [0.15, 0.2) is 0 Å². The summed E-state index contributed by atoms with van der Waals surface area (Å²) in [5.41, 5.74) is 0. The van der Waals surface area contributed by atoms with E-state index in [0.29, 0.717) is 0 Å². The summed E-state index contributed by atoms with van der Waals surface area (Å²) in [6, 6.07) is 0. The second-order valence-corrected chi connectivity index (χ2v) is 0.258. The molecule has 0 rings (SSSR count). The van der Waals surface area contributed by atoms with Crippen molar-refractivity contribution in [3.63, 3.8) is 0 Å². The van der Waals surface area contributed by atoms with Gasteiger partial charge in [-0.3, -0.25) is 0 Å². The smallest absolute Gasteiger partial charge is 0 e. The maximum Gasteiger partial charge on any atom is 0 e. The first-order valence-electron chi connectivity index (χ1n) is 0.836. The molecule has 0 amide bonds. The summed E-state index contributed by atoms with van der Waals surface area (Å²) in [6.45, 7) is 2.56. The second kappa shape index (κ2) is 9.37. The summed E-state index contributed by atoms with van der Waals surface area (Å²) in [5, 5.41) is 7.44. The van der Waals surface area contributed by atoms with Crippen LogP contribution < -0.4 is 0 Å². The fraction of sp³-hybridized carbons (Fsp3) is 0.500. The largest absolute Gasteiger partial charge is 0.566 e. The molecule has 0 saturated heterocycles. The number of hydrogen-bond acceptors (Lipinski definition) is 1. The van der Waals surface area contributed by atoms with E-state index in [1.165, 1.54) is 0 Å². The van der Waals surface area contributed by atoms with Gasteiger partial charge in [0.05, 0.1) is 0 Å². The number of hydrogen-bond donors (Lipinski definition) is 1. The zero-order chi connectivity index (χ0) is 2.71. The van der Waals surface area contributed by atoms with Gasteiger partial charge in [0.1, 0.15) is 0 Å². The zero-order valence-electron chi connectivity index (χ0n) is 2.52. The second-order valence-electron chi connectivity index (χ2n) is 0.258. The fourth-order valence-corrected chi connectivity index (χ4v) is 0. The van der Waals surface area contributed by atoms with Crippen LogP contribution in [0, 0.1) is 6.61 Å². The Morgan fingerprint density at radius 3 is 1.75 bits per heavy atom. The summed E-state index contributed by atoms with van der Waals surface area (Å²) in [6.07, 6.45) is 0. The molecule has 0 aromatic rings. The topological polar surface area (TPSA) is 20.2 Å². The average Bonchev–Trinajstić information content (AvgIpc) is 0.918. The Labute approximate surface area is 40.9 Å². The van der Waals surface area contributed by atoms with E-state index in [9.17, 15) is 0 Å². The molecule has 0 heterocycles. The van der Waals surface area contributed by atoms with Crippen LogP contribution in [0.3, 0.4) is 0 Å². The molecule has 24 valence electrons. The molecular formula is C2H5OTi-. The molecule has 0 unspecified atom stereocenters. The SMILES string of the molecule is C[CH-]O.[Ti]. The van der Waals surface area contributed by atoms with E-state index in [1.807, 2.05) is 0 Å². The summed E-state index contributed by atoms with van der Waals surface area (Å²) in [5.74, 6) is 0. The van der Waals surface area contributed by atoms with E-state index in [-0.39, 0.29) is 21.7 Å². The van der Waals surface area contributed by atoms with Crippen molar-refractivity contribution in [2.24, 2.45) is 0 Å². The van der Waals surface area contributed by atoms with E-state index in [2.05, 4.69) is 0 Å². The molecule has 0 spiro atoms. The minimum absolute atomic E-state index is 0. The predicted molar refractivity (Wildman–Crippen MR) is 11.9 cm³/mol. The maximum absolute atomic E-state index is 7.44. The number of aliphatic hydroxyl groups is 1. The van der Waals surface area contributed by atoms with Crippen LogP contribution in [-0.4, -0.2) is 5.11 Å². The van der Waals surface area contributed by atoms with Crippen molar-refractivity contribution < 1.29 is 26.8 Å². The average molecular weight is 92.9 g/mol. The third-order valence-corrected chi connectivity index (χ3v) is 0. The molecule has 0 aromatic heterocycles. The van der Waals surface area contributed by atoms with Gasteiger partial charge in [-0.05, 0) is 0 Å². The molecule has 0 aliphatic rings. The molecular weight excluding hydrogens is 87.9 g/mol. The summed E-state index contributed by atoms with van der Waals surface area (Å²) >= 11 is 0. The normalized spacial score (nSPS) is 4.50. The maximum atomic E-state index is 7.44. The van der Waals surface area contributed by atoms with E-state index >= 15 is 0 Å². The van der Waals surface area contributed by atoms with Crippen LogP contribution in [0.5, 0.6) is 0 Å². The quantitative estimate of drug-likeness (QED) is 0.342. The van der Waals surface area contributed by atoms with Crippen molar-refractivity contribution in [3.05, 3.63) is 6.61 Å². The van der Waals surface area contributed by atoms with Crippen LogP contribution in [0.15, 0.2) is 0 Å². The predicted octanol–water partition coefficient (Wildman–Crippen LogP) is 0.538. The number of aliphatic hydroxyl groups excluding tert-OH is 1. The Balaban J connectivity index is 0. The van der Waals surface area contributed by atoms with E-state index < -0.39 is 0 Å². The first-order valence-corrected chi connectivity index (χ1v) is 0.836. The van der Waals surface area contributed by atoms with Gasteiger partial charge in [-0.25, -0.2) is 6.61 Å². The molecule has 0 aromatic carbocycles. The molecule has 0 fully saturated rings. The monoisotopic (exact) mass is 93.0 g/mol. The van der Waals surface area contributed by atoms with Crippen LogP contribution in [0.25, 0.3) is 0 Å². The van der Waals surface area contributed by atoms with Crippen molar-refractivity contribution in [1.82, 2.24) is 0 Å². The molecule has 0 saturated carbocycles. The van der Waals surface area contributed by atoms with Gasteiger partial charge in [-0.1, -0.05) is 0 Å². The molecule has 0 bridgehead atoms. The van der Waals surface area contributed by atoms with Gasteiger partial charge in [-0.15, -0.1) is 0 Å². The molecule has 1 N–H and O–H groups in total. The Bertz CT molecular complexity index is 6.00. The van der Waals surface area contributed by atoms with Crippen molar-refractivity contribution in [2.75, 3.05) is 0 Å². The van der Waals surface area contributed by atoms with E-state index in [1.54, 1.807) is 6.92 Å². The van der Waals surface area contributed by atoms with E-state index in [4.69, 9.17) is 5.11 Å². The van der Waals surface area contributed by atoms with Crippen LogP contribution in [-0.2, 0) is 21.7 Å². The van der Waals surface area contributed by atoms with Crippen molar-refractivity contribution in [2.45, 2.75) is 6.92 Å². The van der Waals surface area contributed by atoms with Crippen molar-refractivity contribution in [1.29, 1.82) is 0 Å². The first kappa shape index (κ1) is 8.82. The molecule has 2 heteroatoms. The Morgan fingerprint density at radius 1 is 1.75 bits per heavy atom. The van der Waals surface area contributed by atoms with Gasteiger partial charge in [0.2, 0.25) is 0 Å². The number of rotatable bonds is 0. The fourth-order valence-electron chi connectivity index (χ4n) is 0. The van der Waals surface area contributed by atoms with E-state index in [0.717, 1.165) is 6.61 Å². The Hall–Kier alpha value is 0.674. The van der Waals surface area contributed by atoms with Crippen molar-refractivity contribution in [3.8, 4) is 0 Å².